The van der Waals surface area contributed by atoms with Crippen LogP contribution in [0.15, 0.2) is 49.6 Å². The minimum absolute atomic E-state index is 0.741. The summed E-state index contributed by atoms with van der Waals surface area (Å²) in [5.41, 5.74) is 0. The Bertz CT molecular complexity index is 311. The van der Waals surface area contributed by atoms with Gasteiger partial charge in [-0.05, 0) is 0 Å². The van der Waals surface area contributed by atoms with Crippen LogP contribution in [0.3, 0.4) is 0 Å². The van der Waals surface area contributed by atoms with Crippen molar-refractivity contribution in [2.45, 2.75) is 38.0 Å². The quantitative estimate of drug-likeness (QED) is 0.367. The molecule has 1 rings (SSSR count). The van der Waals surface area contributed by atoms with Crippen molar-refractivity contribution in [3.05, 3.63) is 49.6 Å². The van der Waals surface area contributed by atoms with E-state index in [2.05, 4.69) is 69.3 Å². The molecule has 0 aromatic rings. The van der Waals surface area contributed by atoms with Crippen molar-refractivity contribution in [2.75, 3.05) is 0 Å². The second kappa shape index (κ2) is 6.16. The van der Waals surface area contributed by atoms with Gasteiger partial charge in [-0.15, -0.1) is 0 Å². The van der Waals surface area contributed by atoms with E-state index >= 15 is 0 Å². The molecule has 0 amide bonds. The van der Waals surface area contributed by atoms with Gasteiger partial charge in [0.25, 0.3) is 0 Å². The molecule has 1 aliphatic carbocycles. The average Bonchev–Trinajstić information content (AvgIpc) is 2.68. The predicted octanol–water partition coefficient (Wildman–Crippen LogP) is 5.56. The molecule has 0 saturated heterocycles. The van der Waals surface area contributed by atoms with Crippen molar-refractivity contribution in [3.8, 4) is 0 Å². The van der Waals surface area contributed by atoms with Crippen LogP contribution in [0.25, 0.3) is 0 Å². The van der Waals surface area contributed by atoms with Gasteiger partial charge in [0.1, 0.15) is 0 Å². The number of rotatable bonds is 7. The van der Waals surface area contributed by atoms with Gasteiger partial charge >= 0.3 is 112 Å². The van der Waals surface area contributed by atoms with Crippen molar-refractivity contribution in [3.63, 3.8) is 0 Å². The van der Waals surface area contributed by atoms with Crippen LogP contribution >= 0.6 is 0 Å². The van der Waals surface area contributed by atoms with Gasteiger partial charge in [0.15, 0.2) is 0 Å². The van der Waals surface area contributed by atoms with E-state index in [1.54, 1.807) is 0 Å². The maximum atomic E-state index is 4.01. The van der Waals surface area contributed by atoms with Gasteiger partial charge in [0.05, 0.1) is 0 Å². The normalized spacial score (nSPS) is 17.4. The van der Waals surface area contributed by atoms with Crippen LogP contribution in [-0.4, -0.2) is 8.07 Å². The molecule has 0 saturated carbocycles. The van der Waals surface area contributed by atoms with Gasteiger partial charge in [-0.2, -0.15) is 0 Å². The molecule has 0 bridgehead atoms. The van der Waals surface area contributed by atoms with Gasteiger partial charge in [0.2, 0.25) is 0 Å². The molecular formula is C15H26PtSi. The first-order valence-electron chi connectivity index (χ1n) is 6.01. The van der Waals surface area contributed by atoms with Crippen LogP contribution in [0, 0.1) is 0 Å². The molecule has 0 unspecified atom stereocenters. The Kier molecular flexibility index (Phi) is 5.40. The third-order valence-electron chi connectivity index (χ3n) is 2.38. The fourth-order valence-corrected chi connectivity index (χ4v) is 28.3. The number of allylic oxidation sites excluding steroid dienone is 6. The van der Waals surface area contributed by atoms with Gasteiger partial charge < -0.3 is 0 Å². The summed E-state index contributed by atoms with van der Waals surface area (Å²) in [6.07, 6.45) is 13.6. The molecule has 1 aliphatic rings. The van der Waals surface area contributed by atoms with E-state index in [1.807, 2.05) is 0 Å². The monoisotopic (exact) mass is 429 g/mol. The topological polar surface area (TPSA) is 0 Å². The first kappa shape index (κ1) is 14.9. The van der Waals surface area contributed by atoms with Crippen LogP contribution in [0.5, 0.6) is 0 Å². The Morgan fingerprint density at radius 2 is 1.53 bits per heavy atom. The van der Waals surface area contributed by atoms with Crippen LogP contribution in [0.2, 0.25) is 38.0 Å². The average molecular weight is 430 g/mol. The Morgan fingerprint density at radius 1 is 1.06 bits per heavy atom. The van der Waals surface area contributed by atoms with Gasteiger partial charge in [0, 0.05) is 0 Å². The molecule has 0 atom stereocenters. The van der Waals surface area contributed by atoms with E-state index in [9.17, 15) is 0 Å². The van der Waals surface area contributed by atoms with E-state index < -0.39 is 24.1 Å². The fraction of sp³-hybridized carbons (Fsp3) is 0.467. The van der Waals surface area contributed by atoms with Crippen LogP contribution in [-0.2, 0) is 16.1 Å². The van der Waals surface area contributed by atoms with E-state index in [4.69, 9.17) is 0 Å². The zero-order chi connectivity index (χ0) is 12.9. The molecule has 0 radical (unpaired) electrons. The van der Waals surface area contributed by atoms with Gasteiger partial charge in [-0.1, -0.05) is 0 Å². The summed E-state index contributed by atoms with van der Waals surface area (Å²) in [6, 6.07) is 0. The summed E-state index contributed by atoms with van der Waals surface area (Å²) in [6.45, 7) is 15.5. The van der Waals surface area contributed by atoms with Crippen molar-refractivity contribution in [1.82, 2.24) is 0 Å². The predicted molar refractivity (Wildman–Crippen MR) is 80.2 cm³/mol. The number of hydrogen-bond donors (Lipinski definition) is 0. The summed E-state index contributed by atoms with van der Waals surface area (Å²) in [4.78, 5) is 2.53. The maximum absolute atomic E-state index is 4.01. The molecule has 0 nitrogen and oxygen atoms in total. The first-order chi connectivity index (χ1) is 7.93. The minimum atomic E-state index is -1.84. The third-order valence-corrected chi connectivity index (χ3v) is 24.6. The second-order valence-electron chi connectivity index (χ2n) is 5.54. The summed E-state index contributed by atoms with van der Waals surface area (Å²) >= 11 is -1.84. The fourth-order valence-electron chi connectivity index (χ4n) is 2.07. The third kappa shape index (κ3) is 4.23. The molecule has 17 heavy (non-hydrogen) atoms. The molecule has 2 heteroatoms. The van der Waals surface area contributed by atoms with Gasteiger partial charge in [-0.3, -0.25) is 0 Å². The molecule has 0 heterocycles. The van der Waals surface area contributed by atoms with Crippen molar-refractivity contribution in [2.24, 2.45) is 0 Å². The van der Waals surface area contributed by atoms with Crippen LogP contribution in [0.4, 0.5) is 0 Å². The van der Waals surface area contributed by atoms with E-state index in [0.29, 0.717) is 0 Å². The van der Waals surface area contributed by atoms with Crippen LogP contribution in [0.1, 0.15) is 0 Å². The van der Waals surface area contributed by atoms with E-state index in [1.165, 1.54) is 14.1 Å². The molecule has 0 aromatic carbocycles. The zero-order valence-corrected chi connectivity index (χ0v) is 14.7. The standard InChI is InChI=1S/C5H5.C4H11Si.2C3H5.Pt/c1-2-4-5-3-1;1-5(2,3)4;2*1-3-2;/h1-5H;1H2,2-4H3;2*3H,1-2H2;. The molecular weight excluding hydrogens is 403 g/mol. The molecule has 0 fully saturated rings. The molecule has 0 N–H and O–H groups in total. The summed E-state index contributed by atoms with van der Waals surface area (Å²) in [5.74, 6) is 0. The molecule has 0 spiro atoms. The van der Waals surface area contributed by atoms with Crippen LogP contribution < -0.4 is 0 Å². The number of hydrogen-bond acceptors (Lipinski definition) is 0. The Labute approximate surface area is 111 Å². The SMILES string of the molecule is C=C[CH2][Pt]([CH2]C=C)([CH2][Si](C)(C)C)[CH]1C=CC=C1. The second-order valence-corrected chi connectivity index (χ2v) is 22.9. The van der Waals surface area contributed by atoms with Gasteiger partial charge in [-0.25, -0.2) is 0 Å². The van der Waals surface area contributed by atoms with Crippen molar-refractivity contribution in [1.29, 1.82) is 0 Å². The zero-order valence-electron chi connectivity index (χ0n) is 11.4. The first-order valence-corrected chi connectivity index (χ1v) is 15.8. The van der Waals surface area contributed by atoms with Crippen molar-refractivity contribution < 1.29 is 16.1 Å². The Hall–Kier alpha value is -0.135. The summed E-state index contributed by atoms with van der Waals surface area (Å²) in [5, 5.41) is 0. The molecule has 100 valence electrons. The summed E-state index contributed by atoms with van der Waals surface area (Å²) < 4.78 is 2.25. The van der Waals surface area contributed by atoms with E-state index in [-0.39, 0.29) is 0 Å². The van der Waals surface area contributed by atoms with E-state index in [0.717, 1.165) is 4.31 Å². The Balaban J connectivity index is 3.01. The summed E-state index contributed by atoms with van der Waals surface area (Å²) in [7, 11) is -1.02. The Morgan fingerprint density at radius 3 is 1.88 bits per heavy atom. The molecule has 0 aliphatic heterocycles. The molecule has 0 aromatic heterocycles. The van der Waals surface area contributed by atoms with Crippen molar-refractivity contribution >= 4 is 8.07 Å².